The first-order chi connectivity index (χ1) is 16.0. The molecule has 2 unspecified atom stereocenters. The van der Waals surface area contributed by atoms with E-state index in [4.69, 9.17) is 9.47 Å². The molecule has 0 amide bonds. The van der Waals surface area contributed by atoms with Crippen LogP contribution in [0.15, 0.2) is 47.5 Å². The molecule has 0 saturated heterocycles. The molecule has 180 valence electrons. The van der Waals surface area contributed by atoms with Crippen LogP contribution < -0.4 is 9.47 Å². The van der Waals surface area contributed by atoms with Gasteiger partial charge in [0.2, 0.25) is 12.6 Å². The number of fused-ring (bicyclic) bond motifs is 2. The molecular formula is C27H30O7. The van der Waals surface area contributed by atoms with Crippen molar-refractivity contribution in [1.29, 1.82) is 0 Å². The third kappa shape index (κ3) is 3.75. The summed E-state index contributed by atoms with van der Waals surface area (Å²) in [6.45, 7) is 9.09. The molecule has 2 atom stereocenters. The Morgan fingerprint density at radius 1 is 0.765 bits per heavy atom. The normalized spacial score (nSPS) is 20.6. The summed E-state index contributed by atoms with van der Waals surface area (Å²) in [5.41, 5.74) is 1.92. The van der Waals surface area contributed by atoms with E-state index in [1.165, 1.54) is 6.92 Å². The maximum atomic E-state index is 12.9. The summed E-state index contributed by atoms with van der Waals surface area (Å²) in [4.78, 5) is 12.9. The summed E-state index contributed by atoms with van der Waals surface area (Å²) in [6, 6.07) is 10.5. The van der Waals surface area contributed by atoms with Crippen LogP contribution in [0.5, 0.6) is 11.5 Å². The van der Waals surface area contributed by atoms with E-state index in [0.29, 0.717) is 22.6 Å². The highest BCUT2D eigenvalue weighted by Gasteiger charge is 2.44. The van der Waals surface area contributed by atoms with E-state index in [2.05, 4.69) is 0 Å². The molecule has 2 aliphatic rings. The first-order valence-electron chi connectivity index (χ1n) is 11.4. The van der Waals surface area contributed by atoms with Crippen molar-refractivity contribution in [3.05, 3.63) is 69.8 Å². The Balaban J connectivity index is 1.93. The van der Waals surface area contributed by atoms with Gasteiger partial charge in [-0.1, -0.05) is 52.0 Å². The maximum absolute atomic E-state index is 12.9. The molecule has 2 heterocycles. The topological polar surface area (TPSA) is 116 Å². The van der Waals surface area contributed by atoms with Crippen molar-refractivity contribution >= 4 is 17.3 Å². The van der Waals surface area contributed by atoms with Gasteiger partial charge in [0.15, 0.2) is 0 Å². The van der Waals surface area contributed by atoms with Gasteiger partial charge in [0.1, 0.15) is 28.8 Å². The zero-order valence-corrected chi connectivity index (χ0v) is 19.9. The summed E-state index contributed by atoms with van der Waals surface area (Å²) in [5, 5.41) is 44.2. The van der Waals surface area contributed by atoms with Crippen molar-refractivity contribution < 1.29 is 34.7 Å². The van der Waals surface area contributed by atoms with Crippen LogP contribution in [-0.4, -0.2) is 38.8 Å². The highest BCUT2D eigenvalue weighted by atomic mass is 16.6. The number of para-hydroxylation sites is 2. The lowest BCUT2D eigenvalue weighted by Crippen LogP contribution is -2.38. The van der Waals surface area contributed by atoms with Gasteiger partial charge in [0.05, 0.1) is 28.2 Å². The molecule has 2 aromatic rings. The average Bonchev–Trinajstić information content (AvgIpc) is 2.76. The van der Waals surface area contributed by atoms with Crippen LogP contribution in [0.25, 0.3) is 11.5 Å². The number of carbonyl (C=O) groups is 1. The van der Waals surface area contributed by atoms with Crippen molar-refractivity contribution in [2.45, 2.75) is 59.0 Å². The van der Waals surface area contributed by atoms with E-state index in [0.717, 1.165) is 11.1 Å². The number of aliphatic hydroxyl groups excluding tert-OH is 4. The predicted molar refractivity (Wildman–Crippen MR) is 128 cm³/mol. The second-order valence-corrected chi connectivity index (χ2v) is 9.35. The van der Waals surface area contributed by atoms with Crippen molar-refractivity contribution in [3.8, 4) is 11.5 Å². The first-order valence-corrected chi connectivity index (χ1v) is 11.4. The fourth-order valence-electron chi connectivity index (χ4n) is 4.71. The number of carbonyl (C=O) groups excluding carboxylic acids is 1. The monoisotopic (exact) mass is 466 g/mol. The lowest BCUT2D eigenvalue weighted by atomic mass is 9.80. The smallest absolute Gasteiger partial charge is 0.225 e. The Labute approximate surface area is 198 Å². The number of Topliss-reactive ketones (excluding diaryl/α,β-unsaturated/α-hetero) is 1. The highest BCUT2D eigenvalue weighted by Crippen LogP contribution is 2.47. The first kappa shape index (κ1) is 23.9. The number of hydrogen-bond acceptors (Lipinski definition) is 7. The van der Waals surface area contributed by atoms with Gasteiger partial charge in [-0.2, -0.15) is 0 Å². The second-order valence-electron chi connectivity index (χ2n) is 9.35. The summed E-state index contributed by atoms with van der Waals surface area (Å²) in [6.07, 6.45) is -3.34. The molecule has 0 radical (unpaired) electrons. The Morgan fingerprint density at radius 2 is 1.15 bits per heavy atom. The molecular weight excluding hydrogens is 436 g/mol. The van der Waals surface area contributed by atoms with Crippen LogP contribution in [0.4, 0.5) is 0 Å². The van der Waals surface area contributed by atoms with E-state index in [1.54, 1.807) is 24.3 Å². The molecule has 0 bridgehead atoms. The lowest BCUT2D eigenvalue weighted by Gasteiger charge is -2.35. The molecule has 0 fully saturated rings. The Morgan fingerprint density at radius 3 is 1.47 bits per heavy atom. The molecule has 0 saturated carbocycles. The number of benzene rings is 2. The zero-order chi connectivity index (χ0) is 24.9. The van der Waals surface area contributed by atoms with Gasteiger partial charge in [-0.05, 0) is 42.0 Å². The molecule has 0 aromatic heterocycles. The van der Waals surface area contributed by atoms with Crippen LogP contribution in [0, 0.1) is 5.92 Å². The van der Waals surface area contributed by atoms with E-state index < -0.39 is 24.3 Å². The van der Waals surface area contributed by atoms with E-state index in [1.807, 2.05) is 39.8 Å². The molecule has 4 rings (SSSR count). The van der Waals surface area contributed by atoms with Gasteiger partial charge in [-0.3, -0.25) is 4.79 Å². The largest absolute Gasteiger partial charge is 0.507 e. The van der Waals surface area contributed by atoms with E-state index in [-0.39, 0.29) is 34.5 Å². The van der Waals surface area contributed by atoms with Gasteiger partial charge in [0, 0.05) is 0 Å². The summed E-state index contributed by atoms with van der Waals surface area (Å²) >= 11 is 0. The summed E-state index contributed by atoms with van der Waals surface area (Å²) in [5.74, 6) is -1.76. The standard InChI is InChI=1S/C27H30O7/c1-12(2)15-8-6-10-17-22(29)20(26(31)33-24(15)17)19(14(5)28)21-23(30)18-11-7-9-16(13(3)4)25(18)34-27(21)32/h6-13,19,26-27,29-32H,1-5H3. The molecule has 7 heteroatoms. The minimum atomic E-state index is -1.67. The van der Waals surface area contributed by atoms with Crippen LogP contribution in [0.1, 0.15) is 68.7 Å². The van der Waals surface area contributed by atoms with Crippen LogP contribution >= 0.6 is 0 Å². The second kappa shape index (κ2) is 8.81. The SMILES string of the molecule is CC(=O)C(C1=C(O)c2cccc(C(C)C)c2OC1O)C1=C(O)c2cccc(C(C)C)c2OC1O. The Kier molecular flexibility index (Phi) is 6.18. The number of rotatable bonds is 5. The van der Waals surface area contributed by atoms with E-state index >= 15 is 0 Å². The van der Waals surface area contributed by atoms with Crippen LogP contribution in [0.3, 0.4) is 0 Å². The van der Waals surface area contributed by atoms with E-state index in [9.17, 15) is 25.2 Å². The average molecular weight is 467 g/mol. The van der Waals surface area contributed by atoms with Crippen molar-refractivity contribution in [3.63, 3.8) is 0 Å². The van der Waals surface area contributed by atoms with Gasteiger partial charge < -0.3 is 29.9 Å². The van der Waals surface area contributed by atoms with Crippen molar-refractivity contribution in [2.24, 2.45) is 5.92 Å². The molecule has 0 spiro atoms. The number of ketones is 1. The van der Waals surface area contributed by atoms with Gasteiger partial charge >= 0.3 is 0 Å². The molecule has 0 aliphatic carbocycles. The Bertz CT molecular complexity index is 1120. The zero-order valence-electron chi connectivity index (χ0n) is 19.9. The third-order valence-corrected chi connectivity index (χ3v) is 6.41. The number of aliphatic hydroxyl groups is 4. The minimum Gasteiger partial charge on any atom is -0.507 e. The summed E-state index contributed by atoms with van der Waals surface area (Å²) < 4.78 is 11.6. The quantitative estimate of drug-likeness (QED) is 0.500. The molecule has 4 N–H and O–H groups in total. The van der Waals surface area contributed by atoms with Gasteiger partial charge in [-0.15, -0.1) is 0 Å². The van der Waals surface area contributed by atoms with Crippen LogP contribution in [-0.2, 0) is 4.79 Å². The molecule has 2 aromatic carbocycles. The Hall–Kier alpha value is -3.29. The minimum absolute atomic E-state index is 0.0621. The van der Waals surface area contributed by atoms with Gasteiger partial charge in [-0.25, -0.2) is 0 Å². The molecule has 7 nitrogen and oxygen atoms in total. The summed E-state index contributed by atoms with van der Waals surface area (Å²) in [7, 11) is 0. The van der Waals surface area contributed by atoms with Crippen molar-refractivity contribution in [1.82, 2.24) is 0 Å². The number of ether oxygens (including phenoxy) is 2. The number of hydrogen-bond donors (Lipinski definition) is 4. The predicted octanol–water partition coefficient (Wildman–Crippen LogP) is 4.80. The van der Waals surface area contributed by atoms with Crippen LogP contribution in [0.2, 0.25) is 0 Å². The molecule has 34 heavy (non-hydrogen) atoms. The fraction of sp³-hybridized carbons (Fsp3) is 0.370. The van der Waals surface area contributed by atoms with Gasteiger partial charge in [0.25, 0.3) is 0 Å². The third-order valence-electron chi connectivity index (χ3n) is 6.41. The molecule has 2 aliphatic heterocycles. The van der Waals surface area contributed by atoms with Crippen molar-refractivity contribution in [2.75, 3.05) is 0 Å². The highest BCUT2D eigenvalue weighted by molar-refractivity contribution is 5.91. The lowest BCUT2D eigenvalue weighted by molar-refractivity contribution is -0.121. The maximum Gasteiger partial charge on any atom is 0.225 e. The fourth-order valence-corrected chi connectivity index (χ4v) is 4.71.